The number of fused-ring (bicyclic) bond motifs is 1. The smallest absolute Gasteiger partial charge is 0.123 e. The van der Waals surface area contributed by atoms with Crippen LogP contribution in [0.15, 0.2) is 24.3 Å². The van der Waals surface area contributed by atoms with Crippen molar-refractivity contribution in [1.29, 1.82) is 0 Å². The molecule has 0 amide bonds. The minimum absolute atomic E-state index is 0. The third-order valence-electron chi connectivity index (χ3n) is 3.76. The monoisotopic (exact) mass is 312 g/mol. The molecule has 1 aliphatic heterocycles. The van der Waals surface area contributed by atoms with Gasteiger partial charge in [-0.15, -0.1) is 17.0 Å². The molecular weight excluding hydrogens is 295 g/mol. The van der Waals surface area contributed by atoms with Gasteiger partial charge in [-0.2, -0.15) is 0 Å². The molecule has 2 heterocycles. The van der Waals surface area contributed by atoms with Crippen molar-refractivity contribution in [3.63, 3.8) is 0 Å². The molecule has 1 saturated heterocycles. The Labute approximate surface area is 117 Å². The summed E-state index contributed by atoms with van der Waals surface area (Å²) in [5, 5.41) is 0.985. The van der Waals surface area contributed by atoms with Crippen molar-refractivity contribution in [2.24, 2.45) is 0 Å². The van der Waals surface area contributed by atoms with Gasteiger partial charge in [0.2, 0.25) is 0 Å². The molecule has 4 heteroatoms. The summed E-state index contributed by atoms with van der Waals surface area (Å²) in [7, 11) is 2.16. The lowest BCUT2D eigenvalue weighted by molar-refractivity contribution is 0.254. The van der Waals surface area contributed by atoms with Crippen molar-refractivity contribution >= 4 is 27.9 Å². The zero-order chi connectivity index (χ0) is 11.8. The van der Waals surface area contributed by atoms with Crippen LogP contribution >= 0.6 is 17.0 Å². The predicted molar refractivity (Wildman–Crippen MR) is 78.1 cm³/mol. The molecule has 3 rings (SSSR count). The minimum atomic E-state index is -0.161. The molecular formula is C14H18BrFN2. The van der Waals surface area contributed by atoms with E-state index in [1.165, 1.54) is 24.6 Å². The number of likely N-dealkylation sites (tertiary alicyclic amines) is 1. The van der Waals surface area contributed by atoms with Crippen molar-refractivity contribution in [2.75, 3.05) is 20.1 Å². The van der Waals surface area contributed by atoms with Gasteiger partial charge in [0.05, 0.1) is 0 Å². The van der Waals surface area contributed by atoms with Crippen LogP contribution in [0.25, 0.3) is 10.9 Å². The lowest BCUT2D eigenvalue weighted by Crippen LogP contribution is -2.29. The van der Waals surface area contributed by atoms with Crippen LogP contribution in [0.3, 0.4) is 0 Å². The average molecular weight is 313 g/mol. The summed E-state index contributed by atoms with van der Waals surface area (Å²) >= 11 is 0. The number of hydrogen-bond donors (Lipinski definition) is 1. The predicted octanol–water partition coefficient (Wildman–Crippen LogP) is 3.69. The van der Waals surface area contributed by atoms with Gasteiger partial charge < -0.3 is 9.88 Å². The van der Waals surface area contributed by atoms with Gasteiger partial charge in [-0.1, -0.05) is 0 Å². The maximum atomic E-state index is 13.1. The van der Waals surface area contributed by atoms with Gasteiger partial charge in [-0.3, -0.25) is 0 Å². The molecule has 2 nitrogen and oxygen atoms in total. The molecule has 0 spiro atoms. The summed E-state index contributed by atoms with van der Waals surface area (Å²) in [6.45, 7) is 2.29. The Morgan fingerprint density at radius 1 is 1.22 bits per heavy atom. The zero-order valence-electron chi connectivity index (χ0n) is 10.4. The molecule has 98 valence electrons. The minimum Gasteiger partial charge on any atom is -0.358 e. The van der Waals surface area contributed by atoms with Crippen LogP contribution in [0.5, 0.6) is 0 Å². The van der Waals surface area contributed by atoms with Crippen molar-refractivity contribution in [1.82, 2.24) is 9.88 Å². The molecule has 18 heavy (non-hydrogen) atoms. The van der Waals surface area contributed by atoms with Gasteiger partial charge in [-0.05, 0) is 57.2 Å². The summed E-state index contributed by atoms with van der Waals surface area (Å²) in [4.78, 5) is 5.78. The van der Waals surface area contributed by atoms with Crippen molar-refractivity contribution in [2.45, 2.75) is 18.8 Å². The number of H-pyrrole nitrogens is 1. The Hall–Kier alpha value is -0.870. The number of hydrogen-bond acceptors (Lipinski definition) is 1. The van der Waals surface area contributed by atoms with Gasteiger partial charge in [0.25, 0.3) is 0 Å². The Morgan fingerprint density at radius 2 is 1.94 bits per heavy atom. The largest absolute Gasteiger partial charge is 0.358 e. The first-order chi connectivity index (χ1) is 8.22. The standard InChI is InChI=1S/C14H17FN2.BrH/c1-17-6-4-10(5-7-17)14-9-11-8-12(15)2-3-13(11)16-14;/h2-3,8-10,16H,4-7H2,1H3;1H. The molecule has 0 atom stereocenters. The third-order valence-corrected chi connectivity index (χ3v) is 3.76. The summed E-state index contributed by atoms with van der Waals surface area (Å²) in [6, 6.07) is 7.04. The van der Waals surface area contributed by atoms with Crippen LogP contribution < -0.4 is 0 Å². The van der Waals surface area contributed by atoms with Crippen molar-refractivity contribution in [3.05, 3.63) is 35.8 Å². The Kier molecular flexibility index (Phi) is 4.07. The molecule has 1 aliphatic rings. The third kappa shape index (κ3) is 2.59. The fraction of sp³-hybridized carbons (Fsp3) is 0.429. The van der Waals surface area contributed by atoms with E-state index in [9.17, 15) is 4.39 Å². The van der Waals surface area contributed by atoms with Gasteiger partial charge in [-0.25, -0.2) is 4.39 Å². The van der Waals surface area contributed by atoms with E-state index in [1.807, 2.05) is 6.07 Å². The molecule has 0 radical (unpaired) electrons. The van der Waals surface area contributed by atoms with E-state index in [4.69, 9.17) is 0 Å². The number of rotatable bonds is 1. The number of halogens is 2. The normalized spacial score (nSPS) is 17.9. The molecule has 0 aliphatic carbocycles. The molecule has 1 aromatic carbocycles. The maximum Gasteiger partial charge on any atom is 0.123 e. The van der Waals surface area contributed by atoms with E-state index in [-0.39, 0.29) is 22.8 Å². The highest BCUT2D eigenvalue weighted by atomic mass is 79.9. The van der Waals surface area contributed by atoms with Gasteiger partial charge in [0, 0.05) is 22.5 Å². The number of piperidine rings is 1. The summed E-state index contributed by atoms with van der Waals surface area (Å²) in [5.74, 6) is 0.438. The Balaban J connectivity index is 0.00000120. The van der Waals surface area contributed by atoms with E-state index >= 15 is 0 Å². The molecule has 0 unspecified atom stereocenters. The fourth-order valence-corrected chi connectivity index (χ4v) is 2.67. The number of aromatic amines is 1. The summed E-state index contributed by atoms with van der Waals surface area (Å²) < 4.78 is 13.1. The Bertz CT molecular complexity index is 530. The maximum absolute atomic E-state index is 13.1. The zero-order valence-corrected chi connectivity index (χ0v) is 12.2. The topological polar surface area (TPSA) is 19.0 Å². The van der Waals surface area contributed by atoms with E-state index in [0.717, 1.165) is 24.0 Å². The molecule has 1 fully saturated rings. The van der Waals surface area contributed by atoms with Crippen molar-refractivity contribution < 1.29 is 4.39 Å². The SMILES string of the molecule is Br.CN1CCC(c2cc3cc(F)ccc3[nH]2)CC1. The lowest BCUT2D eigenvalue weighted by Gasteiger charge is -2.28. The lowest BCUT2D eigenvalue weighted by atomic mass is 9.94. The number of benzene rings is 1. The second-order valence-electron chi connectivity index (χ2n) is 5.03. The highest BCUT2D eigenvalue weighted by Crippen LogP contribution is 2.29. The number of nitrogens with one attached hydrogen (secondary N) is 1. The molecule has 1 aromatic heterocycles. The number of nitrogens with zero attached hydrogens (tertiary/aromatic N) is 1. The van der Waals surface area contributed by atoms with Crippen LogP contribution in [-0.4, -0.2) is 30.0 Å². The highest BCUT2D eigenvalue weighted by molar-refractivity contribution is 8.93. The second kappa shape index (κ2) is 5.41. The Morgan fingerprint density at radius 3 is 2.67 bits per heavy atom. The fourth-order valence-electron chi connectivity index (χ4n) is 2.67. The summed E-state index contributed by atoms with van der Waals surface area (Å²) in [5.41, 5.74) is 2.30. The van der Waals surface area contributed by atoms with Gasteiger partial charge >= 0.3 is 0 Å². The van der Waals surface area contributed by atoms with E-state index in [1.54, 1.807) is 6.07 Å². The van der Waals surface area contributed by atoms with Crippen LogP contribution in [0.2, 0.25) is 0 Å². The first-order valence-corrected chi connectivity index (χ1v) is 6.19. The number of aromatic nitrogens is 1. The molecule has 1 N–H and O–H groups in total. The van der Waals surface area contributed by atoms with Crippen LogP contribution in [-0.2, 0) is 0 Å². The first kappa shape index (κ1) is 13.6. The quantitative estimate of drug-likeness (QED) is 0.851. The van der Waals surface area contributed by atoms with Crippen LogP contribution in [0.1, 0.15) is 24.5 Å². The average Bonchev–Trinajstić information content (AvgIpc) is 2.72. The van der Waals surface area contributed by atoms with Gasteiger partial charge in [0.1, 0.15) is 5.82 Å². The van der Waals surface area contributed by atoms with E-state index in [0.29, 0.717) is 5.92 Å². The van der Waals surface area contributed by atoms with Crippen molar-refractivity contribution in [3.8, 4) is 0 Å². The van der Waals surface area contributed by atoms with Crippen LogP contribution in [0, 0.1) is 5.82 Å². The molecule has 0 saturated carbocycles. The van der Waals surface area contributed by atoms with Crippen LogP contribution in [0.4, 0.5) is 4.39 Å². The van der Waals surface area contributed by atoms with E-state index in [2.05, 4.69) is 23.0 Å². The van der Waals surface area contributed by atoms with E-state index < -0.39 is 0 Å². The molecule has 2 aromatic rings. The highest BCUT2D eigenvalue weighted by Gasteiger charge is 2.19. The molecule has 0 bridgehead atoms. The first-order valence-electron chi connectivity index (χ1n) is 6.19. The van der Waals surface area contributed by atoms with Gasteiger partial charge in [0.15, 0.2) is 0 Å². The summed E-state index contributed by atoms with van der Waals surface area (Å²) in [6.07, 6.45) is 2.37. The second-order valence-corrected chi connectivity index (χ2v) is 5.03.